The predicted octanol–water partition coefficient (Wildman–Crippen LogP) is 5.57. The lowest BCUT2D eigenvalue weighted by Gasteiger charge is -2.32. The molecule has 0 aliphatic carbocycles. The number of aromatic carboxylic acids is 1. The molecule has 0 bridgehead atoms. The highest BCUT2D eigenvalue weighted by atomic mass is 32.2. The lowest BCUT2D eigenvalue weighted by atomic mass is 10.1. The number of aliphatic imine (C=N–C) groups is 1. The molecule has 3 aromatic carbocycles. The van der Waals surface area contributed by atoms with E-state index < -0.39 is 34.8 Å². The second-order valence-electron chi connectivity index (χ2n) is 8.46. The fourth-order valence-electron chi connectivity index (χ4n) is 3.73. The van der Waals surface area contributed by atoms with E-state index in [0.29, 0.717) is 5.75 Å². The number of ether oxygens (including phenoxy) is 1. The number of hydrogen-bond donors (Lipinski definition) is 2. The van der Waals surface area contributed by atoms with E-state index in [0.717, 1.165) is 29.5 Å². The number of alkyl halides is 3. The van der Waals surface area contributed by atoms with Crippen LogP contribution in [0, 0.1) is 0 Å². The Bertz CT molecular complexity index is 1430. The number of carbonyl (C=O) groups is 3. The lowest BCUT2D eigenvalue weighted by Crippen LogP contribution is -2.44. The fraction of sp³-hybridized carbons (Fsp3) is 0.185. The number of benzene rings is 3. The Morgan fingerprint density at radius 3 is 2.49 bits per heavy atom. The van der Waals surface area contributed by atoms with Gasteiger partial charge in [-0.1, -0.05) is 36.0 Å². The van der Waals surface area contributed by atoms with Gasteiger partial charge in [-0.2, -0.15) is 13.2 Å². The van der Waals surface area contributed by atoms with Crippen LogP contribution in [0.25, 0.3) is 0 Å². The average Bonchev–Trinajstić information content (AvgIpc) is 2.90. The van der Waals surface area contributed by atoms with Gasteiger partial charge in [0.25, 0.3) is 0 Å². The van der Waals surface area contributed by atoms with Crippen LogP contribution in [0.1, 0.15) is 27.9 Å². The summed E-state index contributed by atoms with van der Waals surface area (Å²) in [5.41, 5.74) is -0.0154. The summed E-state index contributed by atoms with van der Waals surface area (Å²) in [6.45, 7) is 0.0720. The number of thioether (sulfide) groups is 1. The van der Waals surface area contributed by atoms with E-state index in [-0.39, 0.29) is 35.1 Å². The van der Waals surface area contributed by atoms with Crippen molar-refractivity contribution in [2.75, 3.05) is 12.4 Å². The molecule has 1 unspecified atom stereocenters. The number of carboxylic acid groups (broad SMARTS) is 1. The van der Waals surface area contributed by atoms with Gasteiger partial charge in [-0.15, -0.1) is 0 Å². The summed E-state index contributed by atoms with van der Waals surface area (Å²) in [6, 6.07) is 16.9. The van der Waals surface area contributed by atoms with Crippen molar-refractivity contribution in [1.29, 1.82) is 0 Å². The molecule has 202 valence electrons. The summed E-state index contributed by atoms with van der Waals surface area (Å²) in [5, 5.41) is 10.9. The standard InChI is InChI=1S/C27H22F3N3O5S/c1-38-21-10-8-16(9-11-21)15-33-23(34)14-22(24(35)31-19-6-2-4-17(12-19)25(36)37)39-26(33)32-20-7-3-5-18(13-20)27(28,29)30/h2-13,22H,14-15H2,1H3,(H,31,35)(H,36,37). The van der Waals surface area contributed by atoms with Gasteiger partial charge in [0.1, 0.15) is 11.0 Å². The van der Waals surface area contributed by atoms with Crippen molar-refractivity contribution in [1.82, 2.24) is 4.90 Å². The van der Waals surface area contributed by atoms with Crippen molar-refractivity contribution in [3.63, 3.8) is 0 Å². The molecule has 0 spiro atoms. The van der Waals surface area contributed by atoms with E-state index in [1.54, 1.807) is 24.3 Å². The second-order valence-corrected chi connectivity index (χ2v) is 9.63. The summed E-state index contributed by atoms with van der Waals surface area (Å²) in [4.78, 5) is 43.2. The molecule has 1 aliphatic heterocycles. The first-order chi connectivity index (χ1) is 18.5. The Balaban J connectivity index is 1.63. The molecule has 1 atom stereocenters. The van der Waals surface area contributed by atoms with E-state index in [9.17, 15) is 32.7 Å². The van der Waals surface area contributed by atoms with Gasteiger partial charge >= 0.3 is 12.1 Å². The molecule has 39 heavy (non-hydrogen) atoms. The fourth-order valence-corrected chi connectivity index (χ4v) is 4.82. The van der Waals surface area contributed by atoms with Crippen LogP contribution in [0.3, 0.4) is 0 Å². The summed E-state index contributed by atoms with van der Waals surface area (Å²) in [6.07, 6.45) is -4.78. The van der Waals surface area contributed by atoms with Gasteiger partial charge in [-0.3, -0.25) is 14.5 Å². The molecule has 2 N–H and O–H groups in total. The van der Waals surface area contributed by atoms with Gasteiger partial charge in [0.05, 0.1) is 30.5 Å². The van der Waals surface area contributed by atoms with Crippen LogP contribution >= 0.6 is 11.8 Å². The molecule has 2 amide bonds. The van der Waals surface area contributed by atoms with Crippen molar-refractivity contribution in [3.8, 4) is 5.75 Å². The highest BCUT2D eigenvalue weighted by Crippen LogP contribution is 2.34. The van der Waals surface area contributed by atoms with Gasteiger partial charge in [-0.25, -0.2) is 9.79 Å². The predicted molar refractivity (Wildman–Crippen MR) is 140 cm³/mol. The number of halogens is 3. The second kappa shape index (κ2) is 11.6. The van der Waals surface area contributed by atoms with Gasteiger partial charge < -0.3 is 15.2 Å². The first-order valence-corrected chi connectivity index (χ1v) is 12.4. The monoisotopic (exact) mass is 557 g/mol. The molecule has 8 nitrogen and oxygen atoms in total. The van der Waals surface area contributed by atoms with Crippen molar-refractivity contribution < 1.29 is 37.4 Å². The molecule has 0 aromatic heterocycles. The highest BCUT2D eigenvalue weighted by Gasteiger charge is 2.36. The maximum atomic E-state index is 13.3. The zero-order valence-electron chi connectivity index (χ0n) is 20.4. The maximum absolute atomic E-state index is 13.3. The number of amidine groups is 1. The maximum Gasteiger partial charge on any atom is 0.416 e. The smallest absolute Gasteiger partial charge is 0.416 e. The van der Waals surface area contributed by atoms with Crippen LogP contribution in [-0.4, -0.2) is 45.3 Å². The first-order valence-electron chi connectivity index (χ1n) is 11.5. The summed E-state index contributed by atoms with van der Waals surface area (Å²) in [5.74, 6) is -1.58. The van der Waals surface area contributed by atoms with Crippen molar-refractivity contribution in [3.05, 3.63) is 89.5 Å². The quantitative estimate of drug-likeness (QED) is 0.393. The van der Waals surface area contributed by atoms with E-state index >= 15 is 0 Å². The minimum Gasteiger partial charge on any atom is -0.497 e. The molecule has 1 heterocycles. The molecule has 1 fully saturated rings. The minimum atomic E-state index is -4.58. The molecule has 0 radical (unpaired) electrons. The number of carbonyl (C=O) groups excluding carboxylic acids is 2. The third-order valence-corrected chi connectivity index (χ3v) is 6.89. The molecule has 12 heteroatoms. The summed E-state index contributed by atoms with van der Waals surface area (Å²) in [7, 11) is 1.52. The number of carboxylic acids is 1. The third-order valence-electron chi connectivity index (χ3n) is 5.71. The average molecular weight is 558 g/mol. The van der Waals surface area contributed by atoms with Gasteiger partial charge in [0, 0.05) is 12.1 Å². The third kappa shape index (κ3) is 6.96. The van der Waals surface area contributed by atoms with E-state index in [1.165, 1.54) is 48.4 Å². The van der Waals surface area contributed by atoms with E-state index in [1.807, 2.05) is 0 Å². The molecule has 1 aliphatic rings. The minimum absolute atomic E-state index is 0.0300. The number of anilines is 1. The lowest BCUT2D eigenvalue weighted by molar-refractivity contribution is -0.137. The Kier molecular flexibility index (Phi) is 8.24. The van der Waals surface area contributed by atoms with Crippen LogP contribution in [-0.2, 0) is 22.3 Å². The molecule has 1 saturated heterocycles. The van der Waals surface area contributed by atoms with Gasteiger partial charge in [-0.05, 0) is 54.1 Å². The van der Waals surface area contributed by atoms with Crippen LogP contribution in [0.2, 0.25) is 0 Å². The first kappa shape index (κ1) is 27.7. The SMILES string of the molecule is COc1ccc(CN2C(=O)CC(C(=O)Nc3cccc(C(=O)O)c3)SC2=Nc2cccc(C(F)(F)F)c2)cc1. The number of methoxy groups -OCH3 is 1. The van der Waals surface area contributed by atoms with Crippen molar-refractivity contribution in [2.24, 2.45) is 4.99 Å². The Morgan fingerprint density at radius 2 is 1.82 bits per heavy atom. The summed E-state index contributed by atoms with van der Waals surface area (Å²) >= 11 is 0.937. The summed E-state index contributed by atoms with van der Waals surface area (Å²) < 4.78 is 45.0. The zero-order valence-corrected chi connectivity index (χ0v) is 21.3. The number of hydrogen-bond acceptors (Lipinski definition) is 6. The van der Waals surface area contributed by atoms with Crippen molar-refractivity contribution in [2.45, 2.75) is 24.4 Å². The molecule has 4 rings (SSSR count). The molecule has 3 aromatic rings. The van der Waals surface area contributed by atoms with E-state index in [2.05, 4.69) is 10.3 Å². The van der Waals surface area contributed by atoms with Crippen LogP contribution in [0.5, 0.6) is 5.75 Å². The molecular formula is C27H22F3N3O5S. The van der Waals surface area contributed by atoms with E-state index in [4.69, 9.17) is 4.74 Å². The van der Waals surface area contributed by atoms with Gasteiger partial charge in [0.15, 0.2) is 5.17 Å². The Hall–Kier alpha value is -4.32. The molecule has 0 saturated carbocycles. The van der Waals surface area contributed by atoms with Crippen LogP contribution in [0.4, 0.5) is 24.5 Å². The van der Waals surface area contributed by atoms with Crippen molar-refractivity contribution >= 4 is 46.1 Å². The Morgan fingerprint density at radius 1 is 1.10 bits per heavy atom. The zero-order chi connectivity index (χ0) is 28.2. The van der Waals surface area contributed by atoms with Crippen LogP contribution < -0.4 is 10.1 Å². The Labute approximate surface area is 225 Å². The molecular weight excluding hydrogens is 535 g/mol. The largest absolute Gasteiger partial charge is 0.497 e. The normalized spacial score (nSPS) is 16.7. The number of amides is 2. The van der Waals surface area contributed by atoms with Crippen LogP contribution in [0.15, 0.2) is 77.8 Å². The topological polar surface area (TPSA) is 108 Å². The van der Waals surface area contributed by atoms with Gasteiger partial charge in [0.2, 0.25) is 11.8 Å². The highest BCUT2D eigenvalue weighted by molar-refractivity contribution is 8.15. The number of nitrogens with zero attached hydrogens (tertiary/aromatic N) is 2. The number of nitrogens with one attached hydrogen (secondary N) is 1. The number of rotatable bonds is 7.